The molecule has 1 atom stereocenters. The maximum Gasteiger partial charge on any atom is 0.0537 e. The summed E-state index contributed by atoms with van der Waals surface area (Å²) in [6.45, 7) is 3.33. The summed E-state index contributed by atoms with van der Waals surface area (Å²) in [6, 6.07) is 0.499. The van der Waals surface area contributed by atoms with E-state index in [0.29, 0.717) is 6.04 Å². The van der Waals surface area contributed by atoms with E-state index in [1.807, 2.05) is 17.9 Å². The summed E-state index contributed by atoms with van der Waals surface area (Å²) < 4.78 is 1.91. The lowest BCUT2D eigenvalue weighted by molar-refractivity contribution is 0.411. The standard InChI is InChI=1S/C15H27N3/c1-3-10-16-15(14-11-17-18(2)12-14)9-8-13-6-4-5-7-13/h11-13,15-16H,3-10H2,1-2H3. The molecule has 1 aliphatic carbocycles. The first kappa shape index (κ1) is 13.6. The van der Waals surface area contributed by atoms with Crippen molar-refractivity contribution >= 4 is 0 Å². The number of hydrogen-bond acceptors (Lipinski definition) is 2. The summed E-state index contributed by atoms with van der Waals surface area (Å²) in [5, 5.41) is 7.97. The second kappa shape index (κ2) is 6.93. The van der Waals surface area contributed by atoms with Crippen LogP contribution in [-0.4, -0.2) is 16.3 Å². The van der Waals surface area contributed by atoms with Crippen LogP contribution in [0.15, 0.2) is 12.4 Å². The van der Waals surface area contributed by atoms with Crippen LogP contribution in [0.1, 0.15) is 63.5 Å². The second-order valence-electron chi connectivity index (χ2n) is 5.68. The normalized spacial score (nSPS) is 18.3. The molecule has 2 rings (SSSR count). The molecule has 1 fully saturated rings. The fraction of sp³-hybridized carbons (Fsp3) is 0.800. The van der Waals surface area contributed by atoms with Gasteiger partial charge in [0, 0.05) is 24.8 Å². The van der Waals surface area contributed by atoms with Gasteiger partial charge in [0.1, 0.15) is 0 Å². The van der Waals surface area contributed by atoms with Crippen LogP contribution >= 0.6 is 0 Å². The molecule has 0 saturated heterocycles. The number of nitrogens with zero attached hydrogens (tertiary/aromatic N) is 2. The monoisotopic (exact) mass is 249 g/mol. The molecule has 3 heteroatoms. The van der Waals surface area contributed by atoms with Crippen molar-refractivity contribution in [3.8, 4) is 0 Å². The predicted octanol–water partition coefficient (Wildman–Crippen LogP) is 3.43. The molecule has 1 aliphatic rings. The maximum absolute atomic E-state index is 4.30. The molecular formula is C15H27N3. The van der Waals surface area contributed by atoms with Crippen LogP contribution in [0.5, 0.6) is 0 Å². The molecule has 0 amide bonds. The largest absolute Gasteiger partial charge is 0.310 e. The quantitative estimate of drug-likeness (QED) is 0.802. The Morgan fingerprint density at radius 3 is 2.83 bits per heavy atom. The number of rotatable bonds is 7. The van der Waals surface area contributed by atoms with E-state index in [-0.39, 0.29) is 0 Å². The van der Waals surface area contributed by atoms with Gasteiger partial charge in [0.2, 0.25) is 0 Å². The van der Waals surface area contributed by atoms with E-state index in [1.165, 1.54) is 50.5 Å². The van der Waals surface area contributed by atoms with Crippen LogP contribution in [-0.2, 0) is 7.05 Å². The molecule has 1 N–H and O–H groups in total. The highest BCUT2D eigenvalue weighted by molar-refractivity contribution is 5.10. The van der Waals surface area contributed by atoms with E-state index >= 15 is 0 Å². The van der Waals surface area contributed by atoms with Gasteiger partial charge in [0.05, 0.1) is 6.20 Å². The first-order chi connectivity index (χ1) is 8.79. The van der Waals surface area contributed by atoms with Crippen LogP contribution in [0.2, 0.25) is 0 Å². The molecule has 3 nitrogen and oxygen atoms in total. The van der Waals surface area contributed by atoms with Gasteiger partial charge in [-0.2, -0.15) is 5.10 Å². The molecule has 1 aromatic rings. The molecule has 0 spiro atoms. The summed E-state index contributed by atoms with van der Waals surface area (Å²) in [5.74, 6) is 0.979. The van der Waals surface area contributed by atoms with Crippen LogP contribution < -0.4 is 5.32 Å². The average molecular weight is 249 g/mol. The van der Waals surface area contributed by atoms with Crippen LogP contribution in [0, 0.1) is 5.92 Å². The lowest BCUT2D eigenvalue weighted by Crippen LogP contribution is -2.22. The Balaban J connectivity index is 1.87. The summed E-state index contributed by atoms with van der Waals surface area (Å²) in [5.41, 5.74) is 1.35. The zero-order valence-corrected chi connectivity index (χ0v) is 11.9. The van der Waals surface area contributed by atoms with Gasteiger partial charge in [0.25, 0.3) is 0 Å². The summed E-state index contributed by atoms with van der Waals surface area (Å²) in [7, 11) is 2.00. The molecule has 0 bridgehead atoms. The Morgan fingerprint density at radius 2 is 2.22 bits per heavy atom. The zero-order valence-electron chi connectivity index (χ0n) is 11.9. The predicted molar refractivity (Wildman–Crippen MR) is 75.4 cm³/mol. The van der Waals surface area contributed by atoms with Gasteiger partial charge in [-0.1, -0.05) is 32.6 Å². The molecule has 18 heavy (non-hydrogen) atoms. The van der Waals surface area contributed by atoms with E-state index in [1.54, 1.807) is 0 Å². The third kappa shape index (κ3) is 3.84. The van der Waals surface area contributed by atoms with Crippen molar-refractivity contribution in [1.29, 1.82) is 0 Å². The van der Waals surface area contributed by atoms with Crippen molar-refractivity contribution in [3.63, 3.8) is 0 Å². The van der Waals surface area contributed by atoms with Crippen molar-refractivity contribution in [1.82, 2.24) is 15.1 Å². The van der Waals surface area contributed by atoms with E-state index in [0.717, 1.165) is 12.5 Å². The number of nitrogens with one attached hydrogen (secondary N) is 1. The minimum atomic E-state index is 0.499. The van der Waals surface area contributed by atoms with Crippen LogP contribution in [0.3, 0.4) is 0 Å². The summed E-state index contributed by atoms with van der Waals surface area (Å²) >= 11 is 0. The molecule has 102 valence electrons. The second-order valence-corrected chi connectivity index (χ2v) is 5.68. The number of hydrogen-bond donors (Lipinski definition) is 1. The Kier molecular flexibility index (Phi) is 5.24. The first-order valence-electron chi connectivity index (χ1n) is 7.51. The van der Waals surface area contributed by atoms with Gasteiger partial charge in [-0.15, -0.1) is 0 Å². The van der Waals surface area contributed by atoms with Crippen LogP contribution in [0.4, 0.5) is 0 Å². The topological polar surface area (TPSA) is 29.9 Å². The molecule has 0 aliphatic heterocycles. The van der Waals surface area contributed by atoms with Gasteiger partial charge in [-0.25, -0.2) is 0 Å². The lowest BCUT2D eigenvalue weighted by atomic mass is 9.96. The van der Waals surface area contributed by atoms with Gasteiger partial charge >= 0.3 is 0 Å². The minimum absolute atomic E-state index is 0.499. The van der Waals surface area contributed by atoms with Gasteiger partial charge in [0.15, 0.2) is 0 Å². The van der Waals surface area contributed by atoms with Gasteiger partial charge in [-0.05, 0) is 31.7 Å². The van der Waals surface area contributed by atoms with Crippen molar-refractivity contribution in [2.45, 2.75) is 57.9 Å². The lowest BCUT2D eigenvalue weighted by Gasteiger charge is -2.19. The third-order valence-corrected chi connectivity index (χ3v) is 4.11. The third-order valence-electron chi connectivity index (χ3n) is 4.11. The maximum atomic E-state index is 4.30. The van der Waals surface area contributed by atoms with Crippen molar-refractivity contribution in [3.05, 3.63) is 18.0 Å². The van der Waals surface area contributed by atoms with E-state index in [9.17, 15) is 0 Å². The Bertz CT molecular complexity index is 339. The highest BCUT2D eigenvalue weighted by Crippen LogP contribution is 2.31. The van der Waals surface area contributed by atoms with Crippen molar-refractivity contribution in [2.75, 3.05) is 6.54 Å². The summed E-state index contributed by atoms with van der Waals surface area (Å²) in [6.07, 6.45) is 13.8. The van der Waals surface area contributed by atoms with Gasteiger partial charge < -0.3 is 5.32 Å². The molecule has 1 saturated carbocycles. The van der Waals surface area contributed by atoms with Crippen molar-refractivity contribution in [2.24, 2.45) is 13.0 Å². The molecule has 0 aromatic carbocycles. The molecule has 0 radical (unpaired) electrons. The molecular weight excluding hydrogens is 222 g/mol. The Hall–Kier alpha value is -0.830. The SMILES string of the molecule is CCCNC(CCC1CCCC1)c1cnn(C)c1. The Labute approximate surface area is 111 Å². The zero-order chi connectivity index (χ0) is 12.8. The molecule has 1 heterocycles. The summed E-state index contributed by atoms with van der Waals surface area (Å²) in [4.78, 5) is 0. The highest BCUT2D eigenvalue weighted by atomic mass is 15.2. The van der Waals surface area contributed by atoms with E-state index < -0.39 is 0 Å². The fourth-order valence-electron chi connectivity index (χ4n) is 3.03. The average Bonchev–Trinajstić information content (AvgIpc) is 3.01. The highest BCUT2D eigenvalue weighted by Gasteiger charge is 2.18. The first-order valence-corrected chi connectivity index (χ1v) is 7.51. The number of aromatic nitrogens is 2. The van der Waals surface area contributed by atoms with E-state index in [2.05, 4.69) is 23.5 Å². The van der Waals surface area contributed by atoms with Crippen molar-refractivity contribution < 1.29 is 0 Å². The Morgan fingerprint density at radius 1 is 1.44 bits per heavy atom. The van der Waals surface area contributed by atoms with E-state index in [4.69, 9.17) is 0 Å². The fourth-order valence-corrected chi connectivity index (χ4v) is 3.03. The smallest absolute Gasteiger partial charge is 0.0537 e. The van der Waals surface area contributed by atoms with Crippen LogP contribution in [0.25, 0.3) is 0 Å². The minimum Gasteiger partial charge on any atom is -0.310 e. The number of aryl methyl sites for hydroxylation is 1. The molecule has 1 aromatic heterocycles. The van der Waals surface area contributed by atoms with Gasteiger partial charge in [-0.3, -0.25) is 4.68 Å². The molecule has 1 unspecified atom stereocenters.